The van der Waals surface area contributed by atoms with E-state index in [1.54, 1.807) is 6.92 Å². The van der Waals surface area contributed by atoms with E-state index >= 15 is 0 Å². The lowest BCUT2D eigenvalue weighted by Gasteiger charge is -2.19. The van der Waals surface area contributed by atoms with Crippen LogP contribution in [0.25, 0.3) is 0 Å². The summed E-state index contributed by atoms with van der Waals surface area (Å²) >= 11 is 0. The van der Waals surface area contributed by atoms with Gasteiger partial charge in [-0.05, 0) is 13.3 Å². The molecule has 0 bridgehead atoms. The Labute approximate surface area is 71.8 Å². The average Bonchev–Trinajstić information content (AvgIpc) is 2.19. The van der Waals surface area contributed by atoms with Gasteiger partial charge in [0, 0.05) is 12.5 Å². The standard InChI is InChI=1S/C8H16O4/c1-5-8(11)7(10)2-6(3-9)4-12-5/h5-11H,2-4H2,1H3/t5-,6-,7+,8+/m0/s1. The fourth-order valence-electron chi connectivity index (χ4n) is 1.38. The van der Waals surface area contributed by atoms with Crippen molar-refractivity contribution >= 4 is 0 Å². The van der Waals surface area contributed by atoms with E-state index in [-0.39, 0.29) is 18.6 Å². The molecule has 1 saturated heterocycles. The van der Waals surface area contributed by atoms with Gasteiger partial charge in [-0.1, -0.05) is 0 Å². The second kappa shape index (κ2) is 4.18. The van der Waals surface area contributed by atoms with Crippen molar-refractivity contribution in [1.82, 2.24) is 0 Å². The van der Waals surface area contributed by atoms with Crippen molar-refractivity contribution in [2.45, 2.75) is 31.7 Å². The van der Waals surface area contributed by atoms with Crippen LogP contribution in [-0.2, 0) is 4.74 Å². The summed E-state index contributed by atoms with van der Waals surface area (Å²) in [5.41, 5.74) is 0. The number of hydrogen-bond acceptors (Lipinski definition) is 4. The molecule has 1 aliphatic heterocycles. The van der Waals surface area contributed by atoms with E-state index in [1.807, 2.05) is 0 Å². The molecule has 4 atom stereocenters. The lowest BCUT2D eigenvalue weighted by atomic mass is 10.00. The number of aliphatic hydroxyl groups excluding tert-OH is 3. The van der Waals surface area contributed by atoms with Crippen molar-refractivity contribution < 1.29 is 20.1 Å². The second-order valence-corrected chi connectivity index (χ2v) is 3.38. The number of rotatable bonds is 1. The van der Waals surface area contributed by atoms with Crippen LogP contribution in [0.3, 0.4) is 0 Å². The third kappa shape index (κ3) is 2.17. The van der Waals surface area contributed by atoms with Gasteiger partial charge in [0.1, 0.15) is 6.10 Å². The second-order valence-electron chi connectivity index (χ2n) is 3.38. The summed E-state index contributed by atoms with van der Waals surface area (Å²) in [6.45, 7) is 2.12. The highest BCUT2D eigenvalue weighted by molar-refractivity contribution is 4.79. The van der Waals surface area contributed by atoms with Crippen LogP contribution in [0.2, 0.25) is 0 Å². The summed E-state index contributed by atoms with van der Waals surface area (Å²) in [6.07, 6.45) is -1.56. The molecule has 12 heavy (non-hydrogen) atoms. The van der Waals surface area contributed by atoms with Crippen LogP contribution in [0, 0.1) is 5.92 Å². The quantitative estimate of drug-likeness (QED) is 0.485. The Morgan fingerprint density at radius 3 is 2.67 bits per heavy atom. The largest absolute Gasteiger partial charge is 0.396 e. The van der Waals surface area contributed by atoms with Gasteiger partial charge in [-0.3, -0.25) is 0 Å². The lowest BCUT2D eigenvalue weighted by molar-refractivity contribution is -0.0625. The molecule has 0 aromatic heterocycles. The Kier molecular flexibility index (Phi) is 3.46. The Morgan fingerprint density at radius 1 is 1.42 bits per heavy atom. The van der Waals surface area contributed by atoms with Gasteiger partial charge in [0.2, 0.25) is 0 Å². The van der Waals surface area contributed by atoms with E-state index < -0.39 is 12.2 Å². The normalized spacial score (nSPS) is 44.0. The van der Waals surface area contributed by atoms with Crippen LogP contribution in [0.5, 0.6) is 0 Å². The Balaban J connectivity index is 2.53. The smallest absolute Gasteiger partial charge is 0.106 e. The summed E-state index contributed by atoms with van der Waals surface area (Å²) in [6, 6.07) is 0. The van der Waals surface area contributed by atoms with Gasteiger partial charge in [-0.25, -0.2) is 0 Å². The predicted molar refractivity (Wildman–Crippen MR) is 42.6 cm³/mol. The zero-order chi connectivity index (χ0) is 9.14. The van der Waals surface area contributed by atoms with Crippen LogP contribution < -0.4 is 0 Å². The van der Waals surface area contributed by atoms with E-state index in [0.29, 0.717) is 13.0 Å². The summed E-state index contributed by atoms with van der Waals surface area (Å²) < 4.78 is 5.22. The average molecular weight is 176 g/mol. The fourth-order valence-corrected chi connectivity index (χ4v) is 1.38. The van der Waals surface area contributed by atoms with Crippen molar-refractivity contribution in [2.24, 2.45) is 5.92 Å². The Hall–Kier alpha value is -0.160. The SMILES string of the molecule is C[C@@H]1OC[C@H](CO)C[C@@H](O)[C@@H]1O. The molecule has 0 aliphatic carbocycles. The molecule has 4 nitrogen and oxygen atoms in total. The van der Waals surface area contributed by atoms with Gasteiger partial charge >= 0.3 is 0 Å². The van der Waals surface area contributed by atoms with Crippen molar-refractivity contribution in [3.8, 4) is 0 Å². The van der Waals surface area contributed by atoms with E-state index in [1.165, 1.54) is 0 Å². The lowest BCUT2D eigenvalue weighted by Crippen LogP contribution is -2.35. The third-order valence-corrected chi connectivity index (χ3v) is 2.30. The van der Waals surface area contributed by atoms with Gasteiger partial charge in [0.05, 0.1) is 18.8 Å². The van der Waals surface area contributed by atoms with Gasteiger partial charge in [-0.15, -0.1) is 0 Å². The monoisotopic (exact) mass is 176 g/mol. The van der Waals surface area contributed by atoms with E-state index in [0.717, 1.165) is 0 Å². The molecule has 1 fully saturated rings. The Morgan fingerprint density at radius 2 is 2.08 bits per heavy atom. The fraction of sp³-hybridized carbons (Fsp3) is 1.00. The molecule has 4 heteroatoms. The highest BCUT2D eigenvalue weighted by Crippen LogP contribution is 2.18. The molecule has 0 spiro atoms. The molecule has 1 aliphatic rings. The highest BCUT2D eigenvalue weighted by Gasteiger charge is 2.30. The van der Waals surface area contributed by atoms with Gasteiger partial charge in [-0.2, -0.15) is 0 Å². The zero-order valence-electron chi connectivity index (χ0n) is 7.18. The van der Waals surface area contributed by atoms with Crippen LogP contribution in [0.1, 0.15) is 13.3 Å². The first-order valence-electron chi connectivity index (χ1n) is 4.23. The highest BCUT2D eigenvalue weighted by atomic mass is 16.5. The van der Waals surface area contributed by atoms with Crippen LogP contribution in [0.4, 0.5) is 0 Å². The summed E-state index contributed by atoms with van der Waals surface area (Å²) in [7, 11) is 0. The molecule has 72 valence electrons. The third-order valence-electron chi connectivity index (χ3n) is 2.30. The maximum Gasteiger partial charge on any atom is 0.106 e. The molecular formula is C8H16O4. The molecule has 0 aromatic rings. The summed E-state index contributed by atoms with van der Waals surface area (Å²) in [4.78, 5) is 0. The first kappa shape index (κ1) is 9.92. The minimum absolute atomic E-state index is 0.00347. The topological polar surface area (TPSA) is 69.9 Å². The molecule has 0 saturated carbocycles. The molecule has 0 amide bonds. The molecule has 0 radical (unpaired) electrons. The molecule has 0 aromatic carbocycles. The van der Waals surface area contributed by atoms with Gasteiger partial charge < -0.3 is 20.1 Å². The maximum atomic E-state index is 9.39. The van der Waals surface area contributed by atoms with E-state index in [4.69, 9.17) is 9.84 Å². The molecule has 3 N–H and O–H groups in total. The van der Waals surface area contributed by atoms with Crippen molar-refractivity contribution in [3.05, 3.63) is 0 Å². The summed E-state index contributed by atoms with van der Waals surface area (Å²) in [5.74, 6) is -0.0559. The number of aliphatic hydroxyl groups is 3. The molecule has 1 heterocycles. The van der Waals surface area contributed by atoms with E-state index in [2.05, 4.69) is 0 Å². The molecule has 1 rings (SSSR count). The summed E-state index contributed by atoms with van der Waals surface area (Å²) in [5, 5.41) is 27.6. The van der Waals surface area contributed by atoms with Gasteiger partial charge in [0.25, 0.3) is 0 Å². The van der Waals surface area contributed by atoms with Crippen molar-refractivity contribution in [1.29, 1.82) is 0 Å². The predicted octanol–water partition coefficient (Wildman–Crippen LogP) is -0.875. The first-order valence-corrected chi connectivity index (χ1v) is 4.23. The maximum absolute atomic E-state index is 9.39. The number of hydrogen-bond donors (Lipinski definition) is 3. The minimum Gasteiger partial charge on any atom is -0.396 e. The first-order chi connectivity index (χ1) is 5.65. The van der Waals surface area contributed by atoms with Crippen molar-refractivity contribution in [2.75, 3.05) is 13.2 Å². The van der Waals surface area contributed by atoms with Crippen molar-refractivity contribution in [3.63, 3.8) is 0 Å². The Bertz CT molecular complexity index is 139. The van der Waals surface area contributed by atoms with Crippen LogP contribution in [0.15, 0.2) is 0 Å². The van der Waals surface area contributed by atoms with E-state index in [9.17, 15) is 10.2 Å². The number of ether oxygens (including phenoxy) is 1. The van der Waals surface area contributed by atoms with Crippen LogP contribution in [-0.4, -0.2) is 46.8 Å². The van der Waals surface area contributed by atoms with Gasteiger partial charge in [0.15, 0.2) is 0 Å². The minimum atomic E-state index is -0.832. The molecular weight excluding hydrogens is 160 g/mol. The van der Waals surface area contributed by atoms with Crippen LogP contribution >= 0.6 is 0 Å². The molecule has 0 unspecified atom stereocenters. The zero-order valence-corrected chi connectivity index (χ0v) is 7.18.